The van der Waals surface area contributed by atoms with E-state index in [1.54, 1.807) is 70.2 Å². The minimum atomic E-state index is -0.680. The number of phenolic OH excluding ortho intramolecular Hbond substituents is 1. The molecule has 0 bridgehead atoms. The molecule has 2 N–H and O–H groups in total. The van der Waals surface area contributed by atoms with E-state index in [0.717, 1.165) is 0 Å². The predicted molar refractivity (Wildman–Crippen MR) is 152 cm³/mol. The van der Waals surface area contributed by atoms with Crippen LogP contribution in [0.2, 0.25) is 0 Å². The number of hydrogen-bond acceptors (Lipinski definition) is 6. The average Bonchev–Trinajstić information content (AvgIpc) is 2.80. The number of para-hydroxylation sites is 1. The second kappa shape index (κ2) is 12.4. The Morgan fingerprint density at radius 3 is 2.27 bits per heavy atom. The number of rotatable bonds is 8. The van der Waals surface area contributed by atoms with E-state index in [1.807, 2.05) is 26.8 Å². The fourth-order valence-corrected chi connectivity index (χ4v) is 4.07. The van der Waals surface area contributed by atoms with Gasteiger partial charge in [-0.05, 0) is 83.9 Å². The Morgan fingerprint density at radius 2 is 1.60 bits per heavy atom. The first kappa shape index (κ1) is 30.5. The fraction of sp³-hybridized carbons (Fsp3) is 0.375. The maximum Gasteiger partial charge on any atom is 0.408 e. The van der Waals surface area contributed by atoms with E-state index in [2.05, 4.69) is 5.32 Å². The molecule has 0 heterocycles. The zero-order valence-corrected chi connectivity index (χ0v) is 24.1. The van der Waals surface area contributed by atoms with E-state index in [1.165, 1.54) is 12.1 Å². The van der Waals surface area contributed by atoms with Crippen molar-refractivity contribution in [3.63, 3.8) is 0 Å². The number of halogens is 1. The molecule has 0 aromatic heterocycles. The molecule has 0 aliphatic rings. The minimum absolute atomic E-state index is 0.0479. The molecule has 0 radical (unpaired) electrons. The van der Waals surface area contributed by atoms with Crippen molar-refractivity contribution in [2.45, 2.75) is 78.7 Å². The van der Waals surface area contributed by atoms with Gasteiger partial charge in [-0.2, -0.15) is 0 Å². The molecule has 7 nitrogen and oxygen atoms in total. The summed E-state index contributed by atoms with van der Waals surface area (Å²) in [5.74, 6) is -0.434. The molecule has 0 aliphatic heterocycles. The van der Waals surface area contributed by atoms with Crippen LogP contribution >= 0.6 is 0 Å². The fourth-order valence-electron chi connectivity index (χ4n) is 4.07. The normalized spacial score (nSPS) is 12.4. The van der Waals surface area contributed by atoms with Gasteiger partial charge in [-0.1, -0.05) is 36.4 Å². The lowest BCUT2D eigenvalue weighted by Crippen LogP contribution is -2.34. The molecule has 3 aromatic rings. The number of carbonyl (C=O) groups is 2. The van der Waals surface area contributed by atoms with Crippen LogP contribution in [-0.2, 0) is 27.3 Å². The first-order chi connectivity index (χ1) is 18.6. The van der Waals surface area contributed by atoms with Gasteiger partial charge in [0.25, 0.3) is 0 Å². The van der Waals surface area contributed by atoms with Gasteiger partial charge in [0.1, 0.15) is 35.1 Å². The zero-order chi connectivity index (χ0) is 29.7. The zero-order valence-electron chi connectivity index (χ0n) is 24.1. The Morgan fingerprint density at radius 1 is 0.925 bits per heavy atom. The summed E-state index contributed by atoms with van der Waals surface area (Å²) >= 11 is 0. The van der Waals surface area contributed by atoms with Gasteiger partial charge in [0.2, 0.25) is 0 Å². The molecule has 0 saturated heterocycles. The summed E-state index contributed by atoms with van der Waals surface area (Å²) in [6.45, 7) is 12.4. The second-order valence-electron chi connectivity index (χ2n) is 11.6. The topological polar surface area (TPSA) is 94.1 Å². The van der Waals surface area contributed by atoms with Gasteiger partial charge >= 0.3 is 12.1 Å². The lowest BCUT2D eigenvalue weighted by molar-refractivity contribution is -0.153. The molecule has 8 heteroatoms. The van der Waals surface area contributed by atoms with Gasteiger partial charge < -0.3 is 24.6 Å². The van der Waals surface area contributed by atoms with Crippen LogP contribution in [0.4, 0.5) is 9.18 Å². The van der Waals surface area contributed by atoms with E-state index in [4.69, 9.17) is 14.2 Å². The molecule has 1 amide bonds. The molecule has 40 heavy (non-hydrogen) atoms. The first-order valence-electron chi connectivity index (χ1n) is 13.1. The highest BCUT2D eigenvalue weighted by Gasteiger charge is 2.22. The summed E-state index contributed by atoms with van der Waals surface area (Å²) in [6, 6.07) is 16.1. The van der Waals surface area contributed by atoms with Gasteiger partial charge in [-0.15, -0.1) is 0 Å². The number of esters is 1. The summed E-state index contributed by atoms with van der Waals surface area (Å²) in [6.07, 6.45) is -0.597. The van der Waals surface area contributed by atoms with Crippen molar-refractivity contribution in [1.29, 1.82) is 0 Å². The van der Waals surface area contributed by atoms with Gasteiger partial charge in [0, 0.05) is 16.7 Å². The van der Waals surface area contributed by atoms with Crippen LogP contribution in [0.3, 0.4) is 0 Å². The smallest absolute Gasteiger partial charge is 0.408 e. The summed E-state index contributed by atoms with van der Waals surface area (Å²) in [7, 11) is 0. The van der Waals surface area contributed by atoms with Crippen LogP contribution in [0.15, 0.2) is 60.7 Å². The molecule has 214 valence electrons. The first-order valence-corrected chi connectivity index (χ1v) is 13.1. The van der Waals surface area contributed by atoms with Gasteiger partial charge in [0.15, 0.2) is 0 Å². The van der Waals surface area contributed by atoms with Crippen LogP contribution in [-0.4, -0.2) is 28.4 Å². The monoisotopic (exact) mass is 551 g/mol. The van der Waals surface area contributed by atoms with Crippen molar-refractivity contribution in [1.82, 2.24) is 5.32 Å². The van der Waals surface area contributed by atoms with Gasteiger partial charge in [-0.3, -0.25) is 4.79 Å². The minimum Gasteiger partial charge on any atom is -0.508 e. The molecule has 0 spiro atoms. The van der Waals surface area contributed by atoms with E-state index in [-0.39, 0.29) is 35.9 Å². The molecular weight excluding hydrogens is 513 g/mol. The molecule has 3 rings (SSSR count). The predicted octanol–water partition coefficient (Wildman–Crippen LogP) is 7.25. The number of phenols is 1. The van der Waals surface area contributed by atoms with E-state index in [0.29, 0.717) is 22.4 Å². The number of ether oxygens (including phenoxy) is 3. The van der Waals surface area contributed by atoms with Crippen LogP contribution < -0.4 is 10.1 Å². The number of amides is 1. The number of alkyl carbamates (subject to hydrolysis) is 1. The lowest BCUT2D eigenvalue weighted by Gasteiger charge is -2.22. The van der Waals surface area contributed by atoms with Crippen LogP contribution in [0.1, 0.15) is 71.2 Å². The van der Waals surface area contributed by atoms with Crippen molar-refractivity contribution in [3.05, 3.63) is 83.2 Å². The van der Waals surface area contributed by atoms with E-state index >= 15 is 4.39 Å². The highest BCUT2D eigenvalue weighted by Crippen LogP contribution is 2.32. The quantitative estimate of drug-likeness (QED) is 0.287. The summed E-state index contributed by atoms with van der Waals surface area (Å²) in [5, 5.41) is 13.1. The maximum absolute atomic E-state index is 15.7. The molecule has 0 aliphatic carbocycles. The standard InChI is InChI=1S/C32H38FNO6/c1-20(34-30(37)40-32(5,6)7)25-12-10-13-26(29(25)33)23-15-21(16-24(35)17-23)19-38-27-14-9-8-11-22(27)18-28(36)39-31(2,3)4/h8-17,20,35H,18-19H2,1-7H3,(H,34,37)/t20-/m0/s1. The Labute approximate surface area is 235 Å². The number of carbonyl (C=O) groups excluding carboxylic acids is 2. The van der Waals surface area contributed by atoms with Crippen LogP contribution in [0.25, 0.3) is 11.1 Å². The summed E-state index contributed by atoms with van der Waals surface area (Å²) in [5.41, 5.74) is 0.985. The van der Waals surface area contributed by atoms with E-state index < -0.39 is 29.2 Å². The summed E-state index contributed by atoms with van der Waals surface area (Å²) < 4.78 is 32.4. The molecular formula is C32H38FNO6. The van der Waals surface area contributed by atoms with Crippen molar-refractivity contribution in [2.75, 3.05) is 0 Å². The molecule has 0 unspecified atom stereocenters. The number of nitrogens with one attached hydrogen (secondary N) is 1. The van der Waals surface area contributed by atoms with Crippen molar-refractivity contribution in [3.8, 4) is 22.6 Å². The molecule has 3 aromatic carbocycles. The summed E-state index contributed by atoms with van der Waals surface area (Å²) in [4.78, 5) is 24.6. The third-order valence-electron chi connectivity index (χ3n) is 5.64. The maximum atomic E-state index is 15.7. The highest BCUT2D eigenvalue weighted by atomic mass is 19.1. The van der Waals surface area contributed by atoms with Crippen LogP contribution in [0.5, 0.6) is 11.5 Å². The van der Waals surface area contributed by atoms with E-state index in [9.17, 15) is 14.7 Å². The number of aromatic hydroxyl groups is 1. The molecule has 0 saturated carbocycles. The highest BCUT2D eigenvalue weighted by molar-refractivity contribution is 5.74. The Balaban J connectivity index is 1.79. The largest absolute Gasteiger partial charge is 0.508 e. The molecule has 1 atom stereocenters. The lowest BCUT2D eigenvalue weighted by atomic mass is 9.97. The molecule has 0 fully saturated rings. The second-order valence-corrected chi connectivity index (χ2v) is 11.6. The van der Waals surface area contributed by atoms with Crippen LogP contribution in [0, 0.1) is 5.82 Å². The third-order valence-corrected chi connectivity index (χ3v) is 5.64. The number of benzene rings is 3. The third kappa shape index (κ3) is 9.00. The van der Waals surface area contributed by atoms with Crippen molar-refractivity contribution >= 4 is 12.1 Å². The van der Waals surface area contributed by atoms with Gasteiger partial charge in [0.05, 0.1) is 12.5 Å². The van der Waals surface area contributed by atoms with Gasteiger partial charge in [-0.25, -0.2) is 9.18 Å². The Bertz CT molecular complexity index is 1360. The van der Waals surface area contributed by atoms with Crippen molar-refractivity contribution < 1.29 is 33.3 Å². The SMILES string of the molecule is C[C@H](NC(=O)OC(C)(C)C)c1cccc(-c2cc(O)cc(COc3ccccc3CC(=O)OC(C)(C)C)c2)c1F. The Hall–Kier alpha value is -4.07. The average molecular weight is 552 g/mol. The number of hydrogen-bond donors (Lipinski definition) is 2. The van der Waals surface area contributed by atoms with Crippen molar-refractivity contribution in [2.24, 2.45) is 0 Å². The Kier molecular flexibility index (Phi) is 9.45.